The van der Waals surface area contributed by atoms with Gasteiger partial charge < -0.3 is 15.4 Å². The molecule has 1 saturated carbocycles. The zero-order chi connectivity index (χ0) is 14.2. The molecule has 4 nitrogen and oxygen atoms in total. The van der Waals surface area contributed by atoms with Crippen LogP contribution in [0.1, 0.15) is 38.5 Å². The fourth-order valence-corrected chi connectivity index (χ4v) is 2.45. The van der Waals surface area contributed by atoms with E-state index in [1.54, 1.807) is 0 Å². The molecule has 1 fully saturated rings. The molecular formula is C16H25ClN2O2. The van der Waals surface area contributed by atoms with Crippen molar-refractivity contribution in [1.82, 2.24) is 5.32 Å². The summed E-state index contributed by atoms with van der Waals surface area (Å²) in [6.07, 6.45) is 7.02. The third-order valence-electron chi connectivity index (χ3n) is 3.60. The maximum absolute atomic E-state index is 11.6. The number of anilines is 1. The molecule has 2 N–H and O–H groups in total. The lowest BCUT2D eigenvalue weighted by molar-refractivity contribution is -0.116. The van der Waals surface area contributed by atoms with Crippen LogP contribution in [-0.2, 0) is 4.79 Å². The van der Waals surface area contributed by atoms with E-state index in [0.29, 0.717) is 19.1 Å². The molecule has 0 aliphatic heterocycles. The molecule has 21 heavy (non-hydrogen) atoms. The summed E-state index contributed by atoms with van der Waals surface area (Å²) < 4.78 is 5.96. The molecule has 1 amide bonds. The van der Waals surface area contributed by atoms with Crippen molar-refractivity contribution in [2.45, 2.75) is 44.6 Å². The molecule has 0 aromatic heterocycles. The minimum absolute atomic E-state index is 0. The van der Waals surface area contributed by atoms with Crippen LogP contribution in [0.4, 0.5) is 5.69 Å². The van der Waals surface area contributed by atoms with Gasteiger partial charge in [-0.1, -0.05) is 6.42 Å². The van der Waals surface area contributed by atoms with E-state index >= 15 is 0 Å². The third-order valence-corrected chi connectivity index (χ3v) is 3.60. The van der Waals surface area contributed by atoms with Gasteiger partial charge in [0.1, 0.15) is 5.75 Å². The highest BCUT2D eigenvalue weighted by atomic mass is 35.5. The van der Waals surface area contributed by atoms with Gasteiger partial charge in [-0.05, 0) is 57.0 Å². The molecule has 0 atom stereocenters. The predicted molar refractivity (Wildman–Crippen MR) is 88.4 cm³/mol. The first-order valence-corrected chi connectivity index (χ1v) is 7.49. The predicted octanol–water partition coefficient (Wildman–Crippen LogP) is 3.37. The van der Waals surface area contributed by atoms with Crippen molar-refractivity contribution in [3.63, 3.8) is 0 Å². The monoisotopic (exact) mass is 312 g/mol. The van der Waals surface area contributed by atoms with E-state index in [2.05, 4.69) is 10.6 Å². The van der Waals surface area contributed by atoms with Gasteiger partial charge in [-0.25, -0.2) is 0 Å². The zero-order valence-electron chi connectivity index (χ0n) is 12.6. The van der Waals surface area contributed by atoms with E-state index in [1.807, 2.05) is 31.3 Å². The Labute approximate surface area is 133 Å². The number of nitrogens with one attached hydrogen (secondary N) is 2. The highest BCUT2D eigenvalue weighted by Gasteiger charge is 2.14. The summed E-state index contributed by atoms with van der Waals surface area (Å²) in [5.41, 5.74) is 0.821. The molecular weight excluding hydrogens is 288 g/mol. The highest BCUT2D eigenvalue weighted by Crippen LogP contribution is 2.24. The quantitative estimate of drug-likeness (QED) is 0.846. The van der Waals surface area contributed by atoms with Gasteiger partial charge in [0.2, 0.25) is 5.91 Å². The summed E-state index contributed by atoms with van der Waals surface area (Å²) >= 11 is 0. The molecule has 0 heterocycles. The second-order valence-corrected chi connectivity index (χ2v) is 5.30. The summed E-state index contributed by atoms with van der Waals surface area (Å²) in [7, 11) is 1.84. The Balaban J connectivity index is 0.00000220. The largest absolute Gasteiger partial charge is 0.490 e. The molecule has 118 valence electrons. The summed E-state index contributed by atoms with van der Waals surface area (Å²) in [5.74, 6) is 0.922. The number of carbonyl (C=O) groups is 1. The van der Waals surface area contributed by atoms with E-state index in [4.69, 9.17) is 4.74 Å². The van der Waals surface area contributed by atoms with E-state index in [1.165, 1.54) is 19.3 Å². The van der Waals surface area contributed by atoms with Crippen LogP contribution < -0.4 is 15.4 Å². The van der Waals surface area contributed by atoms with Crippen LogP contribution in [0.15, 0.2) is 24.3 Å². The Bertz CT molecular complexity index is 417. The number of hydrogen-bond acceptors (Lipinski definition) is 3. The standard InChI is InChI=1S/C16H24N2O2.ClH/c1-17-12-11-16(19)18-13-7-9-15(10-8-13)20-14-5-3-2-4-6-14;/h7-10,14,17H,2-6,11-12H2,1H3,(H,18,19);1H. The van der Waals surface area contributed by atoms with Crippen molar-refractivity contribution in [2.24, 2.45) is 0 Å². The molecule has 1 aromatic rings. The minimum atomic E-state index is 0. The van der Waals surface area contributed by atoms with Gasteiger partial charge in [-0.3, -0.25) is 4.79 Å². The molecule has 5 heteroatoms. The molecule has 1 aliphatic rings. The molecule has 2 rings (SSSR count). The highest BCUT2D eigenvalue weighted by molar-refractivity contribution is 5.90. The normalized spacial score (nSPS) is 15.1. The topological polar surface area (TPSA) is 50.4 Å². The number of rotatable bonds is 6. The SMILES string of the molecule is CNCCC(=O)Nc1ccc(OC2CCCCC2)cc1.Cl. The lowest BCUT2D eigenvalue weighted by Crippen LogP contribution is -2.20. The van der Waals surface area contributed by atoms with Crippen molar-refractivity contribution in [3.05, 3.63) is 24.3 Å². The molecule has 0 bridgehead atoms. The Morgan fingerprint density at radius 3 is 2.48 bits per heavy atom. The number of benzene rings is 1. The third kappa shape index (κ3) is 6.36. The van der Waals surface area contributed by atoms with Gasteiger partial charge in [0.15, 0.2) is 0 Å². The van der Waals surface area contributed by atoms with E-state index < -0.39 is 0 Å². The summed E-state index contributed by atoms with van der Waals surface area (Å²) in [6, 6.07) is 7.66. The second-order valence-electron chi connectivity index (χ2n) is 5.30. The smallest absolute Gasteiger partial charge is 0.225 e. The number of hydrogen-bond donors (Lipinski definition) is 2. The Morgan fingerprint density at radius 1 is 1.19 bits per heavy atom. The van der Waals surface area contributed by atoms with Crippen LogP contribution >= 0.6 is 12.4 Å². The van der Waals surface area contributed by atoms with Crippen LogP contribution in [0.2, 0.25) is 0 Å². The second kappa shape index (κ2) is 9.64. The van der Waals surface area contributed by atoms with Crippen molar-refractivity contribution in [2.75, 3.05) is 18.9 Å². The Hall–Kier alpha value is -1.26. The molecule has 0 radical (unpaired) electrons. The summed E-state index contributed by atoms with van der Waals surface area (Å²) in [4.78, 5) is 11.6. The minimum Gasteiger partial charge on any atom is -0.490 e. The number of ether oxygens (including phenoxy) is 1. The van der Waals surface area contributed by atoms with Crippen LogP contribution in [0, 0.1) is 0 Å². The van der Waals surface area contributed by atoms with Crippen LogP contribution in [0.3, 0.4) is 0 Å². The Morgan fingerprint density at radius 2 is 1.86 bits per heavy atom. The number of halogens is 1. The van der Waals surface area contributed by atoms with Gasteiger partial charge in [0.25, 0.3) is 0 Å². The number of amides is 1. The average molecular weight is 313 g/mol. The van der Waals surface area contributed by atoms with Gasteiger partial charge in [-0.15, -0.1) is 12.4 Å². The van der Waals surface area contributed by atoms with E-state index in [-0.39, 0.29) is 18.3 Å². The maximum Gasteiger partial charge on any atom is 0.225 e. The zero-order valence-corrected chi connectivity index (χ0v) is 13.4. The maximum atomic E-state index is 11.6. The molecule has 0 spiro atoms. The van der Waals surface area contributed by atoms with Gasteiger partial charge in [0.05, 0.1) is 6.10 Å². The van der Waals surface area contributed by atoms with Crippen LogP contribution in [0.5, 0.6) is 5.75 Å². The Kier molecular flexibility index (Phi) is 8.16. The molecule has 1 aliphatic carbocycles. The molecule has 1 aromatic carbocycles. The summed E-state index contributed by atoms with van der Waals surface area (Å²) in [6.45, 7) is 0.689. The lowest BCUT2D eigenvalue weighted by atomic mass is 9.98. The number of carbonyl (C=O) groups excluding carboxylic acids is 1. The lowest BCUT2D eigenvalue weighted by Gasteiger charge is -2.23. The van der Waals surface area contributed by atoms with Crippen molar-refractivity contribution < 1.29 is 9.53 Å². The molecule has 0 unspecified atom stereocenters. The van der Waals surface area contributed by atoms with Crippen molar-refractivity contribution in [3.8, 4) is 5.75 Å². The fraction of sp³-hybridized carbons (Fsp3) is 0.562. The first-order valence-electron chi connectivity index (χ1n) is 7.49. The van der Waals surface area contributed by atoms with Crippen molar-refractivity contribution >= 4 is 24.0 Å². The average Bonchev–Trinajstić information content (AvgIpc) is 2.48. The van der Waals surface area contributed by atoms with E-state index in [0.717, 1.165) is 24.3 Å². The van der Waals surface area contributed by atoms with Gasteiger partial charge in [0, 0.05) is 18.7 Å². The van der Waals surface area contributed by atoms with Gasteiger partial charge >= 0.3 is 0 Å². The fourth-order valence-electron chi connectivity index (χ4n) is 2.45. The van der Waals surface area contributed by atoms with Crippen molar-refractivity contribution in [1.29, 1.82) is 0 Å². The first kappa shape index (κ1) is 17.8. The molecule has 0 saturated heterocycles. The first-order chi connectivity index (χ1) is 9.78. The van der Waals surface area contributed by atoms with E-state index in [9.17, 15) is 4.79 Å². The van der Waals surface area contributed by atoms with Crippen LogP contribution in [-0.4, -0.2) is 25.6 Å². The van der Waals surface area contributed by atoms with Crippen LogP contribution in [0.25, 0.3) is 0 Å². The van der Waals surface area contributed by atoms with Gasteiger partial charge in [-0.2, -0.15) is 0 Å². The summed E-state index contributed by atoms with van der Waals surface area (Å²) in [5, 5.41) is 5.83.